The Morgan fingerprint density at radius 3 is 2.72 bits per heavy atom. The topological polar surface area (TPSA) is 51.1 Å². The van der Waals surface area contributed by atoms with E-state index in [-0.39, 0.29) is 17.3 Å². The van der Waals surface area contributed by atoms with Gasteiger partial charge in [-0.2, -0.15) is 0 Å². The molecule has 0 aromatic heterocycles. The van der Waals surface area contributed by atoms with E-state index in [1.807, 2.05) is 42.3 Å². The van der Waals surface area contributed by atoms with Gasteiger partial charge >= 0.3 is 0 Å². The highest BCUT2D eigenvalue weighted by Gasteiger charge is 2.31. The van der Waals surface area contributed by atoms with E-state index in [0.717, 1.165) is 42.3 Å². The highest BCUT2D eigenvalue weighted by Crippen LogP contribution is 2.37. The molecule has 2 aliphatic rings. The minimum Gasteiger partial charge on any atom is -0.493 e. The average Bonchev–Trinajstić information content (AvgIpc) is 3.12. The number of carbonyl (C=O) groups excluding carboxylic acids is 1. The van der Waals surface area contributed by atoms with Crippen LogP contribution in [-0.2, 0) is 0 Å². The largest absolute Gasteiger partial charge is 0.493 e. The van der Waals surface area contributed by atoms with E-state index in [2.05, 4.69) is 11.9 Å². The van der Waals surface area contributed by atoms with Crippen LogP contribution < -0.4 is 9.47 Å². The molecule has 0 aliphatic carbocycles. The molecule has 0 spiro atoms. The molecule has 2 aromatic carbocycles. The van der Waals surface area contributed by atoms with Crippen LogP contribution >= 0.6 is 11.6 Å². The summed E-state index contributed by atoms with van der Waals surface area (Å²) in [7, 11) is 1.64. The van der Waals surface area contributed by atoms with Crippen molar-refractivity contribution in [3.8, 4) is 11.5 Å². The number of alkyl halides is 1. The summed E-state index contributed by atoms with van der Waals surface area (Å²) >= 11 is 6.10. The molecule has 0 saturated carbocycles. The van der Waals surface area contributed by atoms with Crippen molar-refractivity contribution < 1.29 is 14.3 Å². The number of rotatable bonds is 6. The highest BCUT2D eigenvalue weighted by atomic mass is 35.5. The number of ether oxygens (including phenoxy) is 2. The maximum absolute atomic E-state index is 13.1. The Bertz CT molecular complexity index is 957. The lowest BCUT2D eigenvalue weighted by Gasteiger charge is -2.20. The van der Waals surface area contributed by atoms with Gasteiger partial charge in [-0.1, -0.05) is 6.92 Å². The van der Waals surface area contributed by atoms with Crippen molar-refractivity contribution in [2.75, 3.05) is 20.3 Å². The Labute approximate surface area is 176 Å². The quantitative estimate of drug-likeness (QED) is 0.610. The van der Waals surface area contributed by atoms with Gasteiger partial charge in [0.15, 0.2) is 11.5 Å². The third kappa shape index (κ3) is 4.06. The molecule has 5 nitrogen and oxygen atoms in total. The summed E-state index contributed by atoms with van der Waals surface area (Å²) in [5.74, 6) is 1.74. The monoisotopic (exact) mass is 414 g/mol. The normalized spacial score (nSPS) is 20.2. The van der Waals surface area contributed by atoms with Crippen molar-refractivity contribution >= 4 is 40.2 Å². The fraction of sp³-hybridized carbons (Fsp3) is 0.478. The van der Waals surface area contributed by atoms with Crippen molar-refractivity contribution in [1.82, 2.24) is 4.90 Å². The molecule has 2 aromatic rings. The number of nitrogens with zero attached hydrogens (tertiary/aromatic N) is 2. The predicted octanol–water partition coefficient (Wildman–Crippen LogP) is 5.20. The van der Waals surface area contributed by atoms with Gasteiger partial charge in [0.25, 0.3) is 5.91 Å². The van der Waals surface area contributed by atoms with Gasteiger partial charge in [-0.3, -0.25) is 9.79 Å². The van der Waals surface area contributed by atoms with Gasteiger partial charge < -0.3 is 14.4 Å². The molecular formula is C23H27ClN2O3. The van der Waals surface area contributed by atoms with Gasteiger partial charge in [-0.05, 0) is 67.1 Å². The Hall–Kier alpha value is -2.27. The number of hydrogen-bond acceptors (Lipinski definition) is 4. The van der Waals surface area contributed by atoms with Crippen molar-refractivity contribution in [2.45, 2.75) is 44.5 Å². The number of aliphatic imine (C=N–C) groups is 1. The van der Waals surface area contributed by atoms with Crippen molar-refractivity contribution in [3.63, 3.8) is 0 Å². The lowest BCUT2D eigenvalue weighted by Crippen LogP contribution is -2.35. The third-order valence-corrected chi connectivity index (χ3v) is 5.84. The number of carbonyl (C=O) groups is 1. The fourth-order valence-electron chi connectivity index (χ4n) is 4.22. The summed E-state index contributed by atoms with van der Waals surface area (Å²) in [6.45, 7) is 5.46. The first-order valence-electron chi connectivity index (χ1n) is 10.2. The molecule has 2 aliphatic heterocycles. The molecule has 0 bridgehead atoms. The second kappa shape index (κ2) is 8.23. The zero-order chi connectivity index (χ0) is 20.5. The number of benzene rings is 2. The maximum Gasteiger partial charge on any atom is 0.256 e. The summed E-state index contributed by atoms with van der Waals surface area (Å²) in [6, 6.07) is 7.91. The second-order valence-electron chi connectivity index (χ2n) is 8.14. The number of hydrogen-bond donors (Lipinski definition) is 0. The van der Waals surface area contributed by atoms with Crippen molar-refractivity contribution in [1.29, 1.82) is 0 Å². The summed E-state index contributed by atoms with van der Waals surface area (Å²) < 4.78 is 11.6. The van der Waals surface area contributed by atoms with E-state index in [1.165, 1.54) is 0 Å². The zero-order valence-corrected chi connectivity index (χ0v) is 17.9. The molecule has 0 N–H and O–H groups in total. The lowest BCUT2D eigenvalue weighted by atomic mass is 10.0. The van der Waals surface area contributed by atoms with E-state index in [1.54, 1.807) is 7.11 Å². The van der Waals surface area contributed by atoms with Gasteiger partial charge in [-0.25, -0.2) is 0 Å². The Morgan fingerprint density at radius 1 is 1.21 bits per heavy atom. The Morgan fingerprint density at radius 2 is 1.97 bits per heavy atom. The molecule has 3 unspecified atom stereocenters. The smallest absolute Gasteiger partial charge is 0.256 e. The first-order chi connectivity index (χ1) is 14.0. The molecule has 1 saturated heterocycles. The number of fused-ring (bicyclic) bond motifs is 3. The third-order valence-electron chi connectivity index (χ3n) is 5.66. The molecule has 3 atom stereocenters. The van der Waals surface area contributed by atoms with Crippen LogP contribution in [-0.4, -0.2) is 48.7 Å². The van der Waals surface area contributed by atoms with Crippen LogP contribution in [0.15, 0.2) is 29.3 Å². The van der Waals surface area contributed by atoms with Gasteiger partial charge in [0.2, 0.25) is 0 Å². The molecule has 4 rings (SSSR count). The molecule has 29 heavy (non-hydrogen) atoms. The minimum absolute atomic E-state index is 0.0601. The summed E-state index contributed by atoms with van der Waals surface area (Å²) in [5.41, 5.74) is 1.37. The average molecular weight is 415 g/mol. The Kier molecular flexibility index (Phi) is 5.68. The van der Waals surface area contributed by atoms with Crippen LogP contribution in [0.1, 0.15) is 43.5 Å². The van der Waals surface area contributed by atoms with E-state index >= 15 is 0 Å². The van der Waals surface area contributed by atoms with Gasteiger partial charge in [0.1, 0.15) is 0 Å². The minimum atomic E-state index is 0.0601. The summed E-state index contributed by atoms with van der Waals surface area (Å²) in [4.78, 5) is 19.6. The van der Waals surface area contributed by atoms with Gasteiger partial charge in [0, 0.05) is 18.1 Å². The van der Waals surface area contributed by atoms with Crippen LogP contribution in [0.4, 0.5) is 5.69 Å². The van der Waals surface area contributed by atoms with Crippen LogP contribution in [0.2, 0.25) is 0 Å². The molecule has 1 fully saturated rings. The zero-order valence-electron chi connectivity index (χ0n) is 17.2. The molecule has 1 amide bonds. The van der Waals surface area contributed by atoms with E-state index < -0.39 is 0 Å². The molecule has 0 radical (unpaired) electrons. The molecule has 2 heterocycles. The number of methoxy groups -OCH3 is 1. The van der Waals surface area contributed by atoms with Crippen LogP contribution in [0.3, 0.4) is 0 Å². The molecular weight excluding hydrogens is 388 g/mol. The number of halogens is 1. The number of amides is 1. The van der Waals surface area contributed by atoms with E-state index in [0.29, 0.717) is 29.6 Å². The summed E-state index contributed by atoms with van der Waals surface area (Å²) in [6.07, 6.45) is 4.80. The molecule has 6 heteroatoms. The maximum atomic E-state index is 13.1. The van der Waals surface area contributed by atoms with Crippen molar-refractivity contribution in [3.05, 3.63) is 29.8 Å². The van der Waals surface area contributed by atoms with Crippen molar-refractivity contribution in [2.24, 2.45) is 10.9 Å². The van der Waals surface area contributed by atoms with Gasteiger partial charge in [0.05, 0.1) is 31.0 Å². The highest BCUT2D eigenvalue weighted by molar-refractivity contribution is 6.20. The fourth-order valence-corrected chi connectivity index (χ4v) is 4.53. The second-order valence-corrected chi connectivity index (χ2v) is 8.88. The Balaban J connectivity index is 1.68. The first-order valence-corrected chi connectivity index (χ1v) is 10.7. The lowest BCUT2D eigenvalue weighted by molar-refractivity contribution is 0.0775. The van der Waals surface area contributed by atoms with Crippen LogP contribution in [0, 0.1) is 5.92 Å². The van der Waals surface area contributed by atoms with E-state index in [4.69, 9.17) is 21.1 Å². The van der Waals surface area contributed by atoms with E-state index in [9.17, 15) is 4.79 Å². The summed E-state index contributed by atoms with van der Waals surface area (Å²) in [5, 5.41) is 2.03. The molecule has 154 valence electrons. The van der Waals surface area contributed by atoms with Crippen LogP contribution in [0.25, 0.3) is 10.8 Å². The van der Waals surface area contributed by atoms with Crippen LogP contribution in [0.5, 0.6) is 11.5 Å². The first kappa shape index (κ1) is 20.0. The standard InChI is InChI=1S/C23H27ClN2O3/c1-14(7-15(2)24)13-29-22-11-16-8-19-20(9-17(16)10-21(22)28-3)25-12-18-5-4-6-26(18)23(19)27/h8-12,14-15,18H,4-7,13H2,1-3H3. The predicted molar refractivity (Wildman–Crippen MR) is 117 cm³/mol. The van der Waals surface area contributed by atoms with Gasteiger partial charge in [-0.15, -0.1) is 11.6 Å². The SMILES string of the molecule is COc1cc2cc3c(cc2cc1OCC(C)CC(C)Cl)C(=O)N1CCCC1C=N3.